The number of piperazine rings is 1. The summed E-state index contributed by atoms with van der Waals surface area (Å²) in [7, 11) is 3.56. The van der Waals surface area contributed by atoms with Crippen LogP contribution in [0, 0.1) is 5.92 Å². The second kappa shape index (κ2) is 13.1. The summed E-state index contributed by atoms with van der Waals surface area (Å²) in [6.07, 6.45) is 13.0. The Morgan fingerprint density at radius 1 is 0.958 bits per heavy atom. The van der Waals surface area contributed by atoms with Crippen molar-refractivity contribution in [3.8, 4) is 0 Å². The van der Waals surface area contributed by atoms with E-state index in [2.05, 4.69) is 24.5 Å². The molecule has 1 aliphatic rings. The van der Waals surface area contributed by atoms with Gasteiger partial charge < -0.3 is 20.1 Å². The molecule has 0 radical (unpaired) electrons. The average Bonchev–Trinajstić information content (AvgIpc) is 2.63. The molecular weight excluding hydrogens is 300 g/mol. The molecule has 0 amide bonds. The number of methoxy groups -OCH3 is 2. The van der Waals surface area contributed by atoms with Crippen molar-refractivity contribution in [2.75, 3.05) is 33.9 Å². The summed E-state index contributed by atoms with van der Waals surface area (Å²) < 4.78 is 11.5. The molecule has 1 saturated heterocycles. The highest BCUT2D eigenvalue weighted by atomic mass is 16.7. The summed E-state index contributed by atoms with van der Waals surface area (Å²) in [5.41, 5.74) is 0. The Morgan fingerprint density at radius 3 is 2.25 bits per heavy atom. The van der Waals surface area contributed by atoms with Crippen molar-refractivity contribution in [1.82, 2.24) is 10.6 Å². The first-order chi connectivity index (χ1) is 11.7. The topological polar surface area (TPSA) is 42.5 Å². The van der Waals surface area contributed by atoms with Gasteiger partial charge in [-0.1, -0.05) is 51.9 Å². The Balaban J connectivity index is 2.34. The fourth-order valence-corrected chi connectivity index (χ4v) is 3.78. The number of hydrogen-bond donors (Lipinski definition) is 2. The van der Waals surface area contributed by atoms with Gasteiger partial charge in [-0.3, -0.25) is 0 Å². The quantitative estimate of drug-likeness (QED) is 0.368. The molecule has 2 unspecified atom stereocenters. The highest BCUT2D eigenvalue weighted by Crippen LogP contribution is 2.32. The van der Waals surface area contributed by atoms with E-state index in [1.54, 1.807) is 14.2 Å². The minimum Gasteiger partial charge on any atom is -0.353 e. The molecule has 1 heterocycles. The lowest BCUT2D eigenvalue weighted by atomic mass is 9.87. The van der Waals surface area contributed by atoms with Crippen LogP contribution in [0.3, 0.4) is 0 Å². The van der Waals surface area contributed by atoms with Crippen LogP contribution in [0.15, 0.2) is 0 Å². The molecule has 0 aliphatic carbocycles. The molecule has 0 aromatic carbocycles. The second-order valence-electron chi connectivity index (χ2n) is 7.46. The van der Waals surface area contributed by atoms with Crippen molar-refractivity contribution in [3.63, 3.8) is 0 Å². The summed E-state index contributed by atoms with van der Waals surface area (Å²) in [6.45, 7) is 7.68. The van der Waals surface area contributed by atoms with E-state index < -0.39 is 5.79 Å². The maximum Gasteiger partial charge on any atom is 0.167 e. The largest absolute Gasteiger partial charge is 0.353 e. The minimum atomic E-state index is -0.443. The third-order valence-electron chi connectivity index (χ3n) is 5.69. The standard InChI is InChI=1S/C20H42N2O2/c1-5-6-7-8-9-10-12-18(20(2,23-3)24-4)13-11-14-19-17-21-15-16-22-19/h18-19,21-22H,5-17H2,1-4H3. The van der Waals surface area contributed by atoms with Gasteiger partial charge in [0.1, 0.15) is 0 Å². The van der Waals surface area contributed by atoms with Crippen molar-refractivity contribution in [1.29, 1.82) is 0 Å². The van der Waals surface area contributed by atoms with Gasteiger partial charge in [0.15, 0.2) is 5.79 Å². The Bertz CT molecular complexity index is 289. The smallest absolute Gasteiger partial charge is 0.167 e. The van der Waals surface area contributed by atoms with E-state index in [1.807, 2.05) is 0 Å². The van der Waals surface area contributed by atoms with Crippen LogP contribution in [0.2, 0.25) is 0 Å². The molecule has 2 N–H and O–H groups in total. The first-order valence-electron chi connectivity index (χ1n) is 10.2. The first kappa shape index (κ1) is 21.9. The molecule has 24 heavy (non-hydrogen) atoms. The van der Waals surface area contributed by atoms with Crippen LogP contribution in [0.5, 0.6) is 0 Å². The molecule has 0 spiro atoms. The fourth-order valence-electron chi connectivity index (χ4n) is 3.78. The van der Waals surface area contributed by atoms with Gasteiger partial charge in [-0.15, -0.1) is 0 Å². The van der Waals surface area contributed by atoms with E-state index in [4.69, 9.17) is 9.47 Å². The maximum atomic E-state index is 5.74. The van der Waals surface area contributed by atoms with Crippen molar-refractivity contribution >= 4 is 0 Å². The Kier molecular flexibility index (Phi) is 11.9. The van der Waals surface area contributed by atoms with E-state index in [0.717, 1.165) is 19.6 Å². The van der Waals surface area contributed by atoms with Crippen molar-refractivity contribution < 1.29 is 9.47 Å². The monoisotopic (exact) mass is 342 g/mol. The third kappa shape index (κ3) is 8.28. The maximum absolute atomic E-state index is 5.74. The highest BCUT2D eigenvalue weighted by molar-refractivity contribution is 4.79. The van der Waals surface area contributed by atoms with Crippen molar-refractivity contribution in [2.45, 2.75) is 89.9 Å². The van der Waals surface area contributed by atoms with Crippen molar-refractivity contribution in [3.05, 3.63) is 0 Å². The SMILES string of the molecule is CCCCCCCCC(CCCC1CNCCN1)C(C)(OC)OC. The normalized spacial score (nSPS) is 20.2. The van der Waals surface area contributed by atoms with Gasteiger partial charge in [-0.05, 0) is 26.2 Å². The molecule has 1 aliphatic heterocycles. The molecule has 144 valence electrons. The zero-order valence-electron chi connectivity index (χ0n) is 16.7. The van der Waals surface area contributed by atoms with E-state index in [9.17, 15) is 0 Å². The zero-order valence-corrected chi connectivity index (χ0v) is 16.7. The van der Waals surface area contributed by atoms with Crippen LogP contribution in [0.1, 0.15) is 78.1 Å². The van der Waals surface area contributed by atoms with Crippen LogP contribution in [0.4, 0.5) is 0 Å². The van der Waals surface area contributed by atoms with E-state index in [1.165, 1.54) is 64.2 Å². The molecule has 0 saturated carbocycles. The number of nitrogens with one attached hydrogen (secondary N) is 2. The van der Waals surface area contributed by atoms with Crippen LogP contribution in [-0.2, 0) is 9.47 Å². The summed E-state index contributed by atoms with van der Waals surface area (Å²) in [4.78, 5) is 0. The molecule has 0 aromatic heterocycles. The molecule has 2 atom stereocenters. The van der Waals surface area contributed by atoms with Gasteiger partial charge in [0.25, 0.3) is 0 Å². The Labute approximate surface area is 150 Å². The number of rotatable bonds is 14. The van der Waals surface area contributed by atoms with E-state index in [-0.39, 0.29) is 0 Å². The average molecular weight is 343 g/mol. The summed E-state index contributed by atoms with van der Waals surface area (Å²) >= 11 is 0. The number of ether oxygens (including phenoxy) is 2. The lowest BCUT2D eigenvalue weighted by Crippen LogP contribution is -2.48. The fraction of sp³-hybridized carbons (Fsp3) is 1.00. The molecule has 1 rings (SSSR count). The molecule has 1 fully saturated rings. The van der Waals surface area contributed by atoms with E-state index in [0.29, 0.717) is 12.0 Å². The lowest BCUT2D eigenvalue weighted by molar-refractivity contribution is -0.230. The summed E-state index contributed by atoms with van der Waals surface area (Å²) in [6, 6.07) is 0.629. The van der Waals surface area contributed by atoms with Crippen LogP contribution in [-0.4, -0.2) is 45.7 Å². The first-order valence-corrected chi connectivity index (χ1v) is 10.2. The second-order valence-corrected chi connectivity index (χ2v) is 7.46. The lowest BCUT2D eigenvalue weighted by Gasteiger charge is -2.36. The Hall–Kier alpha value is -0.160. The molecule has 4 heteroatoms. The molecule has 0 aromatic rings. The van der Waals surface area contributed by atoms with Gasteiger partial charge in [0.05, 0.1) is 0 Å². The number of hydrogen-bond acceptors (Lipinski definition) is 4. The Morgan fingerprint density at radius 2 is 1.62 bits per heavy atom. The third-order valence-corrected chi connectivity index (χ3v) is 5.69. The minimum absolute atomic E-state index is 0.443. The van der Waals surface area contributed by atoms with E-state index >= 15 is 0 Å². The van der Waals surface area contributed by atoms with Gasteiger partial charge in [0, 0.05) is 45.8 Å². The highest BCUT2D eigenvalue weighted by Gasteiger charge is 2.33. The molecular formula is C20H42N2O2. The van der Waals surface area contributed by atoms with Crippen LogP contribution in [0.25, 0.3) is 0 Å². The molecule has 4 nitrogen and oxygen atoms in total. The number of unbranched alkanes of at least 4 members (excludes halogenated alkanes) is 5. The van der Waals surface area contributed by atoms with Crippen molar-refractivity contribution in [2.24, 2.45) is 5.92 Å². The molecule has 0 bridgehead atoms. The van der Waals surface area contributed by atoms with Gasteiger partial charge in [0.2, 0.25) is 0 Å². The summed E-state index contributed by atoms with van der Waals surface area (Å²) in [5.74, 6) is 0.0389. The predicted octanol–water partition coefficient (Wildman–Crippen LogP) is 4.09. The van der Waals surface area contributed by atoms with Crippen LogP contribution < -0.4 is 10.6 Å². The van der Waals surface area contributed by atoms with Crippen LogP contribution >= 0.6 is 0 Å². The van der Waals surface area contributed by atoms with Gasteiger partial charge in [-0.25, -0.2) is 0 Å². The summed E-state index contributed by atoms with van der Waals surface area (Å²) in [5, 5.41) is 7.08. The predicted molar refractivity (Wildman–Crippen MR) is 102 cm³/mol. The van der Waals surface area contributed by atoms with Gasteiger partial charge in [-0.2, -0.15) is 0 Å². The zero-order chi connectivity index (χ0) is 17.7. The van der Waals surface area contributed by atoms with Gasteiger partial charge >= 0.3 is 0 Å².